The van der Waals surface area contributed by atoms with Gasteiger partial charge in [-0.2, -0.15) is 5.26 Å². The Morgan fingerprint density at radius 1 is 1.38 bits per heavy atom. The lowest BCUT2D eigenvalue weighted by atomic mass is 9.79. The molecule has 1 aromatic carbocycles. The van der Waals surface area contributed by atoms with Gasteiger partial charge in [0, 0.05) is 11.4 Å². The standard InChI is InChI=1S/C19H21FN2O2/c1-5-24-19(23)17-16(13-6-8-14(20)9-7-13)15(10-21)12(4)22-18(17)11(2)3/h6-9,11,16,22H,5H2,1-4H3. The minimum absolute atomic E-state index is 0.0440. The van der Waals surface area contributed by atoms with Crippen LogP contribution in [-0.4, -0.2) is 12.6 Å². The molecular formula is C19H21FN2O2. The molecule has 0 spiro atoms. The lowest BCUT2D eigenvalue weighted by molar-refractivity contribution is -0.138. The van der Waals surface area contributed by atoms with Crippen LogP contribution < -0.4 is 5.32 Å². The minimum atomic E-state index is -0.562. The van der Waals surface area contributed by atoms with Crippen molar-refractivity contribution in [3.05, 3.63) is 58.2 Å². The quantitative estimate of drug-likeness (QED) is 0.854. The van der Waals surface area contributed by atoms with Crippen LogP contribution in [0.25, 0.3) is 0 Å². The van der Waals surface area contributed by atoms with Gasteiger partial charge in [-0.1, -0.05) is 26.0 Å². The molecule has 0 aromatic heterocycles. The third-order valence-electron chi connectivity index (χ3n) is 3.99. The molecule has 1 aliphatic heterocycles. The molecule has 0 aliphatic carbocycles. The second kappa shape index (κ2) is 7.31. The van der Waals surface area contributed by atoms with Gasteiger partial charge in [0.15, 0.2) is 0 Å². The molecule has 0 radical (unpaired) electrons. The van der Waals surface area contributed by atoms with E-state index in [9.17, 15) is 14.4 Å². The predicted octanol–water partition coefficient (Wildman–Crippen LogP) is 3.78. The van der Waals surface area contributed by atoms with Crippen molar-refractivity contribution in [2.24, 2.45) is 5.92 Å². The Bertz CT molecular complexity index is 740. The second-order valence-electron chi connectivity index (χ2n) is 5.96. The number of nitrogens with one attached hydrogen (secondary N) is 1. The van der Waals surface area contributed by atoms with E-state index in [0.29, 0.717) is 22.4 Å². The van der Waals surface area contributed by atoms with Crippen LogP contribution in [0.15, 0.2) is 46.8 Å². The van der Waals surface area contributed by atoms with Gasteiger partial charge in [-0.25, -0.2) is 9.18 Å². The van der Waals surface area contributed by atoms with Gasteiger partial charge in [-0.05, 0) is 37.5 Å². The molecule has 5 heteroatoms. The number of nitrogens with zero attached hydrogens (tertiary/aromatic N) is 1. The summed E-state index contributed by atoms with van der Waals surface area (Å²) >= 11 is 0. The molecule has 0 fully saturated rings. The molecular weight excluding hydrogens is 307 g/mol. The summed E-state index contributed by atoms with van der Waals surface area (Å²) < 4.78 is 18.5. The zero-order chi connectivity index (χ0) is 17.9. The summed E-state index contributed by atoms with van der Waals surface area (Å²) in [5.41, 5.74) is 2.98. The summed E-state index contributed by atoms with van der Waals surface area (Å²) in [6.07, 6.45) is 0. The first-order valence-electron chi connectivity index (χ1n) is 7.95. The molecule has 1 unspecified atom stereocenters. The Hall–Kier alpha value is -2.61. The number of carbonyl (C=O) groups is 1. The summed E-state index contributed by atoms with van der Waals surface area (Å²) in [5.74, 6) is -1.34. The fourth-order valence-corrected chi connectivity index (χ4v) is 2.88. The van der Waals surface area contributed by atoms with Gasteiger partial charge in [-0.3, -0.25) is 0 Å². The molecule has 126 valence electrons. The van der Waals surface area contributed by atoms with Crippen molar-refractivity contribution < 1.29 is 13.9 Å². The second-order valence-corrected chi connectivity index (χ2v) is 5.96. The van der Waals surface area contributed by atoms with E-state index in [-0.39, 0.29) is 18.3 Å². The summed E-state index contributed by atoms with van der Waals surface area (Å²) in [6, 6.07) is 8.06. The zero-order valence-electron chi connectivity index (χ0n) is 14.3. The number of hydrogen-bond donors (Lipinski definition) is 1. The van der Waals surface area contributed by atoms with Crippen molar-refractivity contribution in [1.82, 2.24) is 5.32 Å². The number of nitriles is 1. The number of ether oxygens (including phenoxy) is 1. The highest BCUT2D eigenvalue weighted by atomic mass is 19.1. The van der Waals surface area contributed by atoms with E-state index in [1.54, 1.807) is 26.0 Å². The van der Waals surface area contributed by atoms with Crippen molar-refractivity contribution in [3.8, 4) is 6.07 Å². The van der Waals surface area contributed by atoms with Gasteiger partial charge in [-0.15, -0.1) is 0 Å². The molecule has 0 saturated heterocycles. The lowest BCUT2D eigenvalue weighted by Gasteiger charge is -2.31. The van der Waals surface area contributed by atoms with Crippen LogP contribution in [0.5, 0.6) is 0 Å². The van der Waals surface area contributed by atoms with Crippen molar-refractivity contribution >= 4 is 5.97 Å². The highest BCUT2D eigenvalue weighted by molar-refractivity contribution is 5.93. The SMILES string of the molecule is CCOC(=O)C1=C(C(C)C)NC(C)=C(C#N)C1c1ccc(F)cc1. The number of halogens is 1. The number of benzene rings is 1. The van der Waals surface area contributed by atoms with Crippen LogP contribution in [0.4, 0.5) is 4.39 Å². The molecule has 0 saturated carbocycles. The Morgan fingerprint density at radius 3 is 2.50 bits per heavy atom. The Balaban J connectivity index is 2.68. The molecule has 1 aromatic rings. The van der Waals surface area contributed by atoms with E-state index in [2.05, 4.69) is 11.4 Å². The van der Waals surface area contributed by atoms with Crippen LogP contribution in [0.1, 0.15) is 39.2 Å². The highest BCUT2D eigenvalue weighted by Gasteiger charge is 2.36. The van der Waals surface area contributed by atoms with E-state index < -0.39 is 11.9 Å². The number of allylic oxidation sites excluding steroid dienone is 3. The number of esters is 1. The first kappa shape index (κ1) is 17.7. The fourth-order valence-electron chi connectivity index (χ4n) is 2.88. The molecule has 24 heavy (non-hydrogen) atoms. The summed E-state index contributed by atoms with van der Waals surface area (Å²) in [7, 11) is 0. The van der Waals surface area contributed by atoms with Crippen LogP contribution >= 0.6 is 0 Å². The molecule has 0 bridgehead atoms. The third-order valence-corrected chi connectivity index (χ3v) is 3.99. The maximum absolute atomic E-state index is 13.3. The van der Waals surface area contributed by atoms with Gasteiger partial charge < -0.3 is 10.1 Å². The smallest absolute Gasteiger partial charge is 0.336 e. The van der Waals surface area contributed by atoms with Gasteiger partial charge in [0.25, 0.3) is 0 Å². The van der Waals surface area contributed by atoms with Crippen LogP contribution in [0.3, 0.4) is 0 Å². The van der Waals surface area contributed by atoms with E-state index in [4.69, 9.17) is 4.74 Å². The average molecular weight is 328 g/mol. The first-order chi connectivity index (χ1) is 11.4. The van der Waals surface area contributed by atoms with Crippen molar-refractivity contribution in [2.75, 3.05) is 6.61 Å². The Kier molecular flexibility index (Phi) is 5.40. The van der Waals surface area contributed by atoms with E-state index in [1.165, 1.54) is 12.1 Å². The van der Waals surface area contributed by atoms with Gasteiger partial charge in [0.1, 0.15) is 5.82 Å². The fraction of sp³-hybridized carbons (Fsp3) is 0.368. The molecule has 1 atom stereocenters. The average Bonchev–Trinajstić information content (AvgIpc) is 2.54. The molecule has 2 rings (SSSR count). The largest absolute Gasteiger partial charge is 0.463 e. The van der Waals surface area contributed by atoms with Crippen LogP contribution in [-0.2, 0) is 9.53 Å². The van der Waals surface area contributed by atoms with Crippen molar-refractivity contribution in [3.63, 3.8) is 0 Å². The number of dihydropyridines is 1. The zero-order valence-corrected chi connectivity index (χ0v) is 14.3. The maximum atomic E-state index is 13.3. The van der Waals surface area contributed by atoms with Gasteiger partial charge in [0.05, 0.1) is 29.7 Å². The normalized spacial score (nSPS) is 17.6. The maximum Gasteiger partial charge on any atom is 0.336 e. The molecule has 1 aliphatic rings. The Morgan fingerprint density at radius 2 is 2.00 bits per heavy atom. The topological polar surface area (TPSA) is 62.1 Å². The highest BCUT2D eigenvalue weighted by Crippen LogP contribution is 2.39. The third kappa shape index (κ3) is 3.33. The predicted molar refractivity (Wildman–Crippen MR) is 89.1 cm³/mol. The van der Waals surface area contributed by atoms with Gasteiger partial charge >= 0.3 is 5.97 Å². The lowest BCUT2D eigenvalue weighted by Crippen LogP contribution is -2.32. The Labute approximate surface area is 141 Å². The molecule has 4 nitrogen and oxygen atoms in total. The monoisotopic (exact) mass is 328 g/mol. The first-order valence-corrected chi connectivity index (χ1v) is 7.95. The number of hydrogen-bond acceptors (Lipinski definition) is 4. The number of carbonyl (C=O) groups excluding carboxylic acids is 1. The van der Waals surface area contributed by atoms with Gasteiger partial charge in [0.2, 0.25) is 0 Å². The molecule has 0 amide bonds. The van der Waals surface area contributed by atoms with Crippen LogP contribution in [0, 0.1) is 23.1 Å². The number of rotatable bonds is 4. The molecule has 1 heterocycles. The van der Waals surface area contributed by atoms with E-state index in [0.717, 1.165) is 5.70 Å². The summed E-state index contributed by atoms with van der Waals surface area (Å²) in [5, 5.41) is 12.8. The van der Waals surface area contributed by atoms with E-state index in [1.807, 2.05) is 13.8 Å². The van der Waals surface area contributed by atoms with Crippen molar-refractivity contribution in [2.45, 2.75) is 33.6 Å². The van der Waals surface area contributed by atoms with E-state index >= 15 is 0 Å². The summed E-state index contributed by atoms with van der Waals surface area (Å²) in [4.78, 5) is 12.6. The minimum Gasteiger partial charge on any atom is -0.463 e. The van der Waals surface area contributed by atoms with Crippen LogP contribution in [0.2, 0.25) is 0 Å². The molecule has 1 N–H and O–H groups in total. The van der Waals surface area contributed by atoms with Crippen molar-refractivity contribution in [1.29, 1.82) is 5.26 Å². The summed E-state index contributed by atoms with van der Waals surface area (Å²) in [6.45, 7) is 7.72.